The molecule has 0 radical (unpaired) electrons. The maximum absolute atomic E-state index is 13.7. The summed E-state index contributed by atoms with van der Waals surface area (Å²) in [6.07, 6.45) is -0.0792. The summed E-state index contributed by atoms with van der Waals surface area (Å²) >= 11 is 6.36. The van der Waals surface area contributed by atoms with Gasteiger partial charge in [-0.3, -0.25) is 9.59 Å². The topological polar surface area (TPSA) is 87.7 Å². The molecule has 0 saturated carbocycles. The smallest absolute Gasteiger partial charge is 0.408 e. The summed E-state index contributed by atoms with van der Waals surface area (Å²) in [5.41, 5.74) is 2.17. The second kappa shape index (κ2) is 12.1. The molecule has 0 bridgehead atoms. The number of ether oxygens (including phenoxy) is 1. The van der Waals surface area contributed by atoms with Crippen LogP contribution >= 0.6 is 11.6 Å². The van der Waals surface area contributed by atoms with Crippen LogP contribution in [-0.4, -0.2) is 41.0 Å². The van der Waals surface area contributed by atoms with Crippen LogP contribution in [-0.2, 0) is 14.3 Å². The number of alkyl carbamates (subject to hydrolysis) is 1. The number of hydrogen-bond donors (Lipinski definition) is 2. The molecular weight excluding hydrogens is 466 g/mol. The number of hydrogen-bond acceptors (Lipinski definition) is 4. The lowest BCUT2D eigenvalue weighted by Gasteiger charge is -2.34. The Hall–Kier alpha value is -3.06. The van der Waals surface area contributed by atoms with E-state index < -0.39 is 29.7 Å². The van der Waals surface area contributed by atoms with E-state index in [1.807, 2.05) is 57.2 Å². The van der Waals surface area contributed by atoms with Gasteiger partial charge in [0.05, 0.1) is 10.7 Å². The van der Waals surface area contributed by atoms with E-state index in [2.05, 4.69) is 10.6 Å². The monoisotopic (exact) mass is 501 g/mol. The van der Waals surface area contributed by atoms with Gasteiger partial charge >= 0.3 is 6.09 Å². The Kier molecular flexibility index (Phi) is 9.72. The van der Waals surface area contributed by atoms with Crippen LogP contribution in [0.15, 0.2) is 42.5 Å². The highest BCUT2D eigenvalue weighted by Gasteiger charge is 2.35. The zero-order chi connectivity index (χ0) is 26.3. The van der Waals surface area contributed by atoms with Gasteiger partial charge in [-0.1, -0.05) is 54.9 Å². The molecule has 2 N–H and O–H groups in total. The van der Waals surface area contributed by atoms with Crippen molar-refractivity contribution in [2.75, 3.05) is 11.9 Å². The van der Waals surface area contributed by atoms with Gasteiger partial charge in [-0.25, -0.2) is 4.79 Å². The molecule has 2 aromatic carbocycles. The van der Waals surface area contributed by atoms with Crippen molar-refractivity contribution in [2.45, 2.75) is 72.6 Å². The molecule has 0 aliphatic carbocycles. The highest BCUT2D eigenvalue weighted by molar-refractivity contribution is 6.34. The first-order valence-electron chi connectivity index (χ1n) is 11.8. The van der Waals surface area contributed by atoms with E-state index in [4.69, 9.17) is 16.3 Å². The largest absolute Gasteiger partial charge is 0.444 e. The van der Waals surface area contributed by atoms with E-state index in [0.717, 1.165) is 11.1 Å². The molecule has 0 aliphatic rings. The van der Waals surface area contributed by atoms with E-state index in [0.29, 0.717) is 29.2 Å². The van der Waals surface area contributed by atoms with Gasteiger partial charge in [0.25, 0.3) is 5.91 Å². The third-order valence-electron chi connectivity index (χ3n) is 5.36. The summed E-state index contributed by atoms with van der Waals surface area (Å²) in [5, 5.41) is 5.94. The van der Waals surface area contributed by atoms with Crippen molar-refractivity contribution in [3.8, 4) is 0 Å². The lowest BCUT2D eigenvalue weighted by Crippen LogP contribution is -2.51. The van der Waals surface area contributed by atoms with Crippen LogP contribution in [0.2, 0.25) is 5.02 Å². The van der Waals surface area contributed by atoms with Crippen molar-refractivity contribution in [1.29, 1.82) is 0 Å². The normalized spacial score (nSPS) is 12.9. The number of nitrogens with zero attached hydrogens (tertiary/aromatic N) is 1. The van der Waals surface area contributed by atoms with Crippen molar-refractivity contribution in [3.05, 3.63) is 64.2 Å². The zero-order valence-corrected chi connectivity index (χ0v) is 22.3. The molecule has 0 saturated heterocycles. The SMILES string of the molecule is CCCN(C(=O)C(C)NC(=O)OC(C)(C)C)C(C(=O)Nc1c(C)cccc1Cl)c1ccccc1C. The van der Waals surface area contributed by atoms with E-state index >= 15 is 0 Å². The first-order chi connectivity index (χ1) is 16.4. The van der Waals surface area contributed by atoms with Crippen molar-refractivity contribution >= 4 is 35.2 Å². The number of benzene rings is 2. The van der Waals surface area contributed by atoms with E-state index in [1.54, 1.807) is 33.8 Å². The molecule has 2 rings (SSSR count). The third kappa shape index (κ3) is 7.72. The fourth-order valence-electron chi connectivity index (χ4n) is 3.73. The maximum Gasteiger partial charge on any atom is 0.408 e. The van der Waals surface area contributed by atoms with Crippen LogP contribution in [0.1, 0.15) is 63.8 Å². The number of para-hydroxylation sites is 1. The predicted molar refractivity (Wildman–Crippen MR) is 140 cm³/mol. The molecular formula is C27H36ClN3O4. The van der Waals surface area contributed by atoms with E-state index in [-0.39, 0.29) is 5.91 Å². The molecule has 3 amide bonds. The van der Waals surface area contributed by atoms with Gasteiger partial charge in [0, 0.05) is 6.54 Å². The van der Waals surface area contributed by atoms with Crippen molar-refractivity contribution in [3.63, 3.8) is 0 Å². The molecule has 7 nitrogen and oxygen atoms in total. The average molecular weight is 502 g/mol. The summed E-state index contributed by atoms with van der Waals surface area (Å²) in [4.78, 5) is 41.2. The summed E-state index contributed by atoms with van der Waals surface area (Å²) < 4.78 is 5.30. The first-order valence-corrected chi connectivity index (χ1v) is 12.1. The fourth-order valence-corrected chi connectivity index (χ4v) is 4.00. The summed E-state index contributed by atoms with van der Waals surface area (Å²) in [5.74, 6) is -0.779. The van der Waals surface area contributed by atoms with Crippen LogP contribution in [0.4, 0.5) is 10.5 Å². The molecule has 0 spiro atoms. The molecule has 2 atom stereocenters. The minimum Gasteiger partial charge on any atom is -0.444 e. The molecule has 0 fully saturated rings. The van der Waals surface area contributed by atoms with Crippen LogP contribution in [0.5, 0.6) is 0 Å². The van der Waals surface area contributed by atoms with Gasteiger partial charge in [-0.15, -0.1) is 0 Å². The molecule has 2 unspecified atom stereocenters. The van der Waals surface area contributed by atoms with E-state index in [9.17, 15) is 14.4 Å². The predicted octanol–water partition coefficient (Wildman–Crippen LogP) is 5.79. The Balaban J connectivity index is 2.45. The Labute approximate surface area is 213 Å². The number of rotatable bonds is 8. The van der Waals surface area contributed by atoms with Crippen molar-refractivity contribution < 1.29 is 19.1 Å². The summed E-state index contributed by atoms with van der Waals surface area (Å²) in [6.45, 7) is 12.8. The molecule has 0 aromatic heterocycles. The molecule has 0 heterocycles. The quantitative estimate of drug-likeness (QED) is 0.479. The Morgan fingerprint density at radius 3 is 2.23 bits per heavy atom. The number of carbonyl (C=O) groups is 3. The first kappa shape index (κ1) is 28.2. The maximum atomic E-state index is 13.7. The molecule has 2 aromatic rings. The highest BCUT2D eigenvalue weighted by atomic mass is 35.5. The second-order valence-corrected chi connectivity index (χ2v) is 9.99. The van der Waals surface area contributed by atoms with Crippen LogP contribution in [0.25, 0.3) is 0 Å². The summed E-state index contributed by atoms with van der Waals surface area (Å²) in [6, 6.07) is 11.0. The minimum atomic E-state index is -0.929. The lowest BCUT2D eigenvalue weighted by molar-refractivity contribution is -0.140. The molecule has 190 valence electrons. The number of nitrogens with one attached hydrogen (secondary N) is 2. The van der Waals surface area contributed by atoms with Crippen LogP contribution in [0, 0.1) is 13.8 Å². The van der Waals surface area contributed by atoms with E-state index in [1.165, 1.54) is 4.90 Å². The number of amides is 3. The van der Waals surface area contributed by atoms with Crippen molar-refractivity contribution in [2.24, 2.45) is 0 Å². The number of halogens is 1. The van der Waals surface area contributed by atoms with Gasteiger partial charge in [0.15, 0.2) is 0 Å². The zero-order valence-electron chi connectivity index (χ0n) is 21.6. The fraction of sp³-hybridized carbons (Fsp3) is 0.444. The Bertz CT molecular complexity index is 1040. The van der Waals surface area contributed by atoms with Gasteiger partial charge in [-0.2, -0.15) is 0 Å². The lowest BCUT2D eigenvalue weighted by atomic mass is 9.97. The van der Waals surface area contributed by atoms with Gasteiger partial charge in [0.2, 0.25) is 5.91 Å². The minimum absolute atomic E-state index is 0.313. The molecule has 35 heavy (non-hydrogen) atoms. The number of aryl methyl sites for hydroxylation is 2. The summed E-state index contributed by atoms with van der Waals surface area (Å²) in [7, 11) is 0. The van der Waals surface area contributed by atoms with Crippen molar-refractivity contribution in [1.82, 2.24) is 10.2 Å². The third-order valence-corrected chi connectivity index (χ3v) is 5.68. The average Bonchev–Trinajstić information content (AvgIpc) is 2.75. The van der Waals surface area contributed by atoms with Gasteiger partial charge < -0.3 is 20.3 Å². The highest BCUT2D eigenvalue weighted by Crippen LogP contribution is 2.30. The molecule has 8 heteroatoms. The van der Waals surface area contributed by atoms with Crippen LogP contribution in [0.3, 0.4) is 0 Å². The number of anilines is 1. The van der Waals surface area contributed by atoms with Crippen LogP contribution < -0.4 is 10.6 Å². The Morgan fingerprint density at radius 1 is 1.03 bits per heavy atom. The number of carbonyl (C=O) groups excluding carboxylic acids is 3. The standard InChI is InChI=1S/C27H36ClN3O4/c1-8-16-31(25(33)19(4)29-26(34)35-27(5,6)7)23(20-14-10-9-12-17(20)2)24(32)30-22-18(3)13-11-15-21(22)28/h9-15,19,23H,8,16H2,1-7H3,(H,29,34)(H,30,32). The molecule has 0 aliphatic heterocycles. The second-order valence-electron chi connectivity index (χ2n) is 9.58. The van der Waals surface area contributed by atoms with Gasteiger partial charge in [0.1, 0.15) is 17.7 Å². The van der Waals surface area contributed by atoms with Gasteiger partial charge in [-0.05, 0) is 70.7 Å². The Morgan fingerprint density at radius 2 is 1.66 bits per heavy atom.